The van der Waals surface area contributed by atoms with Crippen LogP contribution in [0.4, 0.5) is 5.69 Å². The van der Waals surface area contributed by atoms with E-state index in [-0.39, 0.29) is 5.91 Å². The number of fused-ring (bicyclic) bond motifs is 1. The molecule has 6 nitrogen and oxygen atoms in total. The Morgan fingerprint density at radius 1 is 1.11 bits per heavy atom. The average Bonchev–Trinajstić information content (AvgIpc) is 3.26. The fourth-order valence-corrected chi connectivity index (χ4v) is 3.37. The zero-order chi connectivity index (χ0) is 19.1. The highest BCUT2D eigenvalue weighted by Crippen LogP contribution is 2.28. The summed E-state index contributed by atoms with van der Waals surface area (Å²) in [5.74, 6) is 0.417. The van der Waals surface area contributed by atoms with Crippen molar-refractivity contribution in [2.45, 2.75) is 20.8 Å². The summed E-state index contributed by atoms with van der Waals surface area (Å²) in [4.78, 5) is 17.9. The summed E-state index contributed by atoms with van der Waals surface area (Å²) in [6, 6.07) is 11.3. The summed E-state index contributed by atoms with van der Waals surface area (Å²) in [6.45, 7) is 5.84. The van der Waals surface area contributed by atoms with Gasteiger partial charge in [0.1, 0.15) is 5.69 Å². The lowest BCUT2D eigenvalue weighted by molar-refractivity contribution is 0.102. The van der Waals surface area contributed by atoms with Crippen molar-refractivity contribution in [2.24, 2.45) is 7.05 Å². The zero-order valence-corrected chi connectivity index (χ0v) is 15.7. The monoisotopic (exact) mass is 360 g/mol. The lowest BCUT2D eigenvalue weighted by Gasteiger charge is -2.12. The Kier molecular flexibility index (Phi) is 4.03. The number of para-hydroxylation sites is 1. The molecule has 27 heavy (non-hydrogen) atoms. The number of rotatable bonds is 3. The van der Waals surface area contributed by atoms with Crippen molar-refractivity contribution in [3.63, 3.8) is 0 Å². The molecule has 0 saturated carbocycles. The van der Waals surface area contributed by atoms with Crippen molar-refractivity contribution in [1.82, 2.24) is 14.8 Å². The number of aromatic nitrogens is 3. The largest absolute Gasteiger partial charge is 0.463 e. The normalized spacial score (nSPS) is 11.1. The van der Waals surface area contributed by atoms with Crippen molar-refractivity contribution in [1.29, 1.82) is 0 Å². The number of aryl methyl sites for hydroxylation is 4. The van der Waals surface area contributed by atoms with Gasteiger partial charge in [-0.2, -0.15) is 5.10 Å². The van der Waals surface area contributed by atoms with E-state index in [4.69, 9.17) is 4.42 Å². The van der Waals surface area contributed by atoms with Gasteiger partial charge in [-0.05, 0) is 50.1 Å². The van der Waals surface area contributed by atoms with Gasteiger partial charge in [-0.25, -0.2) is 4.98 Å². The molecule has 0 spiro atoms. The smallest absolute Gasteiger partial charge is 0.256 e. The summed E-state index contributed by atoms with van der Waals surface area (Å²) in [6.07, 6.45) is 1.59. The molecular formula is C21H20N4O2. The highest BCUT2D eigenvalue weighted by Gasteiger charge is 2.21. The van der Waals surface area contributed by atoms with Crippen molar-refractivity contribution in [3.05, 3.63) is 65.0 Å². The van der Waals surface area contributed by atoms with E-state index in [0.29, 0.717) is 22.7 Å². The molecule has 0 radical (unpaired) electrons. The molecule has 1 aromatic carbocycles. The van der Waals surface area contributed by atoms with Crippen LogP contribution in [0.2, 0.25) is 0 Å². The van der Waals surface area contributed by atoms with Crippen LogP contribution in [-0.4, -0.2) is 20.7 Å². The minimum absolute atomic E-state index is 0.191. The third kappa shape index (κ3) is 2.89. The number of anilines is 1. The van der Waals surface area contributed by atoms with Crippen LogP contribution in [0.3, 0.4) is 0 Å². The maximum absolute atomic E-state index is 13.2. The summed E-state index contributed by atoms with van der Waals surface area (Å²) in [5.41, 5.74) is 5.40. The minimum atomic E-state index is -0.191. The Labute approximate surface area is 156 Å². The number of amides is 1. The van der Waals surface area contributed by atoms with Crippen LogP contribution < -0.4 is 5.32 Å². The van der Waals surface area contributed by atoms with Crippen LogP contribution in [0.1, 0.15) is 27.2 Å². The van der Waals surface area contributed by atoms with E-state index in [1.165, 1.54) is 0 Å². The molecule has 1 N–H and O–H groups in total. The number of benzene rings is 1. The number of nitrogens with zero attached hydrogens (tertiary/aromatic N) is 3. The molecule has 1 amide bonds. The maximum Gasteiger partial charge on any atom is 0.256 e. The van der Waals surface area contributed by atoms with Gasteiger partial charge >= 0.3 is 0 Å². The summed E-state index contributed by atoms with van der Waals surface area (Å²) in [5, 5.41) is 8.25. The van der Waals surface area contributed by atoms with Gasteiger partial charge in [0.25, 0.3) is 5.91 Å². The molecular weight excluding hydrogens is 340 g/mol. The minimum Gasteiger partial charge on any atom is -0.463 e. The molecule has 0 bridgehead atoms. The van der Waals surface area contributed by atoms with Crippen LogP contribution in [0.25, 0.3) is 22.5 Å². The first-order valence-electron chi connectivity index (χ1n) is 8.71. The second-order valence-corrected chi connectivity index (χ2v) is 6.66. The van der Waals surface area contributed by atoms with E-state index in [2.05, 4.69) is 15.4 Å². The van der Waals surface area contributed by atoms with Crippen LogP contribution in [-0.2, 0) is 7.05 Å². The third-order valence-corrected chi connectivity index (χ3v) is 4.71. The van der Waals surface area contributed by atoms with Gasteiger partial charge in [0, 0.05) is 12.7 Å². The number of carbonyl (C=O) groups excluding carboxylic acids is 1. The molecule has 4 rings (SSSR count). The maximum atomic E-state index is 13.2. The predicted molar refractivity (Wildman–Crippen MR) is 105 cm³/mol. The van der Waals surface area contributed by atoms with Crippen LogP contribution in [0.5, 0.6) is 0 Å². The Hall–Kier alpha value is -3.41. The molecule has 0 aliphatic rings. The Morgan fingerprint density at radius 2 is 1.85 bits per heavy atom. The molecule has 0 unspecified atom stereocenters. The average molecular weight is 360 g/mol. The number of pyridine rings is 1. The Morgan fingerprint density at radius 3 is 2.52 bits per heavy atom. The number of hydrogen-bond donors (Lipinski definition) is 1. The van der Waals surface area contributed by atoms with Crippen molar-refractivity contribution in [2.75, 3.05) is 5.32 Å². The summed E-state index contributed by atoms with van der Waals surface area (Å²) < 4.78 is 7.17. The third-order valence-electron chi connectivity index (χ3n) is 4.71. The highest BCUT2D eigenvalue weighted by atomic mass is 16.3. The van der Waals surface area contributed by atoms with E-state index in [1.807, 2.05) is 52.1 Å². The van der Waals surface area contributed by atoms with E-state index < -0.39 is 0 Å². The molecule has 4 aromatic rings. The van der Waals surface area contributed by atoms with E-state index in [9.17, 15) is 4.79 Å². The number of nitrogens with one attached hydrogen (secondary N) is 1. The molecule has 3 aromatic heterocycles. The molecule has 0 atom stereocenters. The van der Waals surface area contributed by atoms with E-state index >= 15 is 0 Å². The SMILES string of the molecule is Cc1cccc(C)c1NC(=O)c1cc(-c2ccco2)nc2c1c(C)nn2C. The fraction of sp³-hybridized carbons (Fsp3) is 0.190. The van der Waals surface area contributed by atoms with Crippen LogP contribution >= 0.6 is 0 Å². The van der Waals surface area contributed by atoms with Gasteiger partial charge in [0.2, 0.25) is 0 Å². The Balaban J connectivity index is 1.88. The first kappa shape index (κ1) is 17.0. The highest BCUT2D eigenvalue weighted by molar-refractivity contribution is 6.13. The molecule has 0 saturated heterocycles. The molecule has 0 fully saturated rings. The number of furan rings is 1. The summed E-state index contributed by atoms with van der Waals surface area (Å²) >= 11 is 0. The van der Waals surface area contributed by atoms with E-state index in [1.54, 1.807) is 23.1 Å². The second kappa shape index (κ2) is 6.39. The standard InChI is InChI=1S/C21H20N4O2/c1-12-7-5-8-13(2)19(12)23-21(26)15-11-16(17-9-6-10-27-17)22-20-18(15)14(3)24-25(20)4/h5-11H,1-4H3,(H,23,26). The number of carbonyl (C=O) groups is 1. The lowest BCUT2D eigenvalue weighted by Crippen LogP contribution is -2.15. The first-order valence-corrected chi connectivity index (χ1v) is 8.71. The Bertz CT molecular complexity index is 1140. The molecule has 0 aliphatic heterocycles. The van der Waals surface area contributed by atoms with Crippen LogP contribution in [0, 0.1) is 20.8 Å². The topological polar surface area (TPSA) is 73.0 Å². The van der Waals surface area contributed by atoms with Gasteiger partial charge in [0.05, 0.1) is 22.9 Å². The zero-order valence-electron chi connectivity index (χ0n) is 15.7. The molecule has 3 heterocycles. The predicted octanol–water partition coefficient (Wildman–Crippen LogP) is 4.41. The van der Waals surface area contributed by atoms with Crippen LogP contribution in [0.15, 0.2) is 47.1 Å². The summed E-state index contributed by atoms with van der Waals surface area (Å²) in [7, 11) is 1.82. The molecule has 136 valence electrons. The fourth-order valence-electron chi connectivity index (χ4n) is 3.37. The molecule has 0 aliphatic carbocycles. The van der Waals surface area contributed by atoms with Gasteiger partial charge in [-0.3, -0.25) is 9.48 Å². The van der Waals surface area contributed by atoms with Gasteiger partial charge in [-0.1, -0.05) is 18.2 Å². The number of hydrogen-bond acceptors (Lipinski definition) is 4. The van der Waals surface area contributed by atoms with Gasteiger partial charge < -0.3 is 9.73 Å². The first-order chi connectivity index (χ1) is 13.0. The van der Waals surface area contributed by atoms with Crippen molar-refractivity contribution in [3.8, 4) is 11.5 Å². The quantitative estimate of drug-likeness (QED) is 0.587. The second-order valence-electron chi connectivity index (χ2n) is 6.66. The van der Waals surface area contributed by atoms with Crippen molar-refractivity contribution >= 4 is 22.6 Å². The lowest BCUT2D eigenvalue weighted by atomic mass is 10.1. The van der Waals surface area contributed by atoms with Gasteiger partial charge in [0.15, 0.2) is 11.4 Å². The van der Waals surface area contributed by atoms with Gasteiger partial charge in [-0.15, -0.1) is 0 Å². The van der Waals surface area contributed by atoms with Crippen molar-refractivity contribution < 1.29 is 9.21 Å². The molecule has 6 heteroatoms. The van der Waals surface area contributed by atoms with E-state index in [0.717, 1.165) is 27.9 Å².